The fraction of sp³-hybridized carbons (Fsp3) is 0.545. The molecule has 0 unspecified atom stereocenters. The molecule has 0 amide bonds. The van der Waals surface area contributed by atoms with Gasteiger partial charge in [-0.1, -0.05) is 0 Å². The Kier molecular flexibility index (Phi) is 2.68. The minimum absolute atomic E-state index is 0.505. The summed E-state index contributed by atoms with van der Waals surface area (Å²) in [5.74, 6) is 0. The van der Waals surface area contributed by atoms with Gasteiger partial charge < -0.3 is 10.6 Å². The van der Waals surface area contributed by atoms with Gasteiger partial charge in [0.2, 0.25) is 0 Å². The maximum Gasteiger partial charge on any atom is 0.0526 e. The third-order valence-electron chi connectivity index (χ3n) is 2.84. The zero-order chi connectivity index (χ0) is 9.86. The van der Waals surface area contributed by atoms with Crippen molar-refractivity contribution in [3.05, 3.63) is 24.5 Å². The summed E-state index contributed by atoms with van der Waals surface area (Å²) in [5.41, 5.74) is 1.62. The van der Waals surface area contributed by atoms with Crippen LogP contribution in [-0.2, 0) is 0 Å². The first-order valence-electron chi connectivity index (χ1n) is 5.13. The number of hydrogen-bond acceptors (Lipinski definition) is 3. The molecule has 14 heavy (non-hydrogen) atoms. The van der Waals surface area contributed by atoms with Crippen LogP contribution in [0.1, 0.15) is 12.8 Å². The molecule has 0 radical (unpaired) electrons. The Hall–Kier alpha value is -1.09. The topological polar surface area (TPSA) is 37.0 Å². The van der Waals surface area contributed by atoms with Crippen molar-refractivity contribution >= 4 is 5.69 Å². The normalized spacial score (nSPS) is 17.8. The monoisotopic (exact) mass is 191 g/mol. The Morgan fingerprint density at radius 3 is 2.86 bits per heavy atom. The van der Waals surface area contributed by atoms with Crippen LogP contribution in [-0.4, -0.2) is 25.1 Å². The molecule has 0 aliphatic heterocycles. The van der Waals surface area contributed by atoms with Crippen LogP contribution >= 0.6 is 0 Å². The van der Waals surface area contributed by atoms with Gasteiger partial charge in [-0.15, -0.1) is 0 Å². The lowest BCUT2D eigenvalue weighted by Gasteiger charge is -2.15. The lowest BCUT2D eigenvalue weighted by Crippen LogP contribution is -2.26. The van der Waals surface area contributed by atoms with Crippen LogP contribution < -0.4 is 10.6 Å². The number of anilines is 1. The van der Waals surface area contributed by atoms with E-state index in [4.69, 9.17) is 0 Å². The van der Waals surface area contributed by atoms with Crippen LogP contribution in [0.25, 0.3) is 0 Å². The largest absolute Gasteiger partial charge is 0.383 e. The van der Waals surface area contributed by atoms with E-state index in [-0.39, 0.29) is 0 Å². The van der Waals surface area contributed by atoms with Crippen LogP contribution in [0.15, 0.2) is 24.5 Å². The van der Waals surface area contributed by atoms with E-state index in [0.29, 0.717) is 5.41 Å². The third-order valence-corrected chi connectivity index (χ3v) is 2.84. The van der Waals surface area contributed by atoms with Crippen LogP contribution in [0.3, 0.4) is 0 Å². The highest BCUT2D eigenvalue weighted by Gasteiger charge is 2.41. The number of nitrogens with one attached hydrogen (secondary N) is 2. The van der Waals surface area contributed by atoms with Crippen molar-refractivity contribution in [3.8, 4) is 0 Å². The van der Waals surface area contributed by atoms with Gasteiger partial charge in [0, 0.05) is 30.9 Å². The average molecular weight is 191 g/mol. The minimum atomic E-state index is 0.505. The van der Waals surface area contributed by atoms with Gasteiger partial charge in [0.1, 0.15) is 0 Å². The van der Waals surface area contributed by atoms with Crippen molar-refractivity contribution in [3.63, 3.8) is 0 Å². The third kappa shape index (κ3) is 2.23. The van der Waals surface area contributed by atoms with E-state index in [9.17, 15) is 0 Å². The average Bonchev–Trinajstić information content (AvgIpc) is 2.98. The Morgan fingerprint density at radius 2 is 2.29 bits per heavy atom. The smallest absolute Gasteiger partial charge is 0.0526 e. The predicted molar refractivity (Wildman–Crippen MR) is 58.3 cm³/mol. The van der Waals surface area contributed by atoms with Gasteiger partial charge in [0.05, 0.1) is 5.69 Å². The van der Waals surface area contributed by atoms with Crippen LogP contribution in [0.4, 0.5) is 5.69 Å². The van der Waals surface area contributed by atoms with E-state index in [2.05, 4.69) is 21.7 Å². The van der Waals surface area contributed by atoms with Crippen LogP contribution in [0.2, 0.25) is 0 Å². The van der Waals surface area contributed by atoms with Crippen LogP contribution in [0, 0.1) is 5.41 Å². The fourth-order valence-corrected chi connectivity index (χ4v) is 1.72. The summed E-state index contributed by atoms with van der Waals surface area (Å²) >= 11 is 0. The standard InChI is InChI=1S/C11H17N3/c1-12-8-11(4-5-11)9-14-10-3-2-6-13-7-10/h2-3,6-7,12,14H,4-5,8-9H2,1H3. The molecule has 1 aromatic heterocycles. The lowest BCUT2D eigenvalue weighted by atomic mass is 10.1. The first-order chi connectivity index (χ1) is 6.85. The van der Waals surface area contributed by atoms with Gasteiger partial charge >= 0.3 is 0 Å². The summed E-state index contributed by atoms with van der Waals surface area (Å²) in [6.07, 6.45) is 6.34. The highest BCUT2D eigenvalue weighted by molar-refractivity contribution is 5.40. The van der Waals surface area contributed by atoms with Gasteiger partial charge in [-0.05, 0) is 32.0 Å². The van der Waals surface area contributed by atoms with Crippen molar-refractivity contribution in [2.75, 3.05) is 25.5 Å². The van der Waals surface area contributed by atoms with Crippen molar-refractivity contribution < 1.29 is 0 Å². The van der Waals surface area contributed by atoms with Gasteiger partial charge in [-0.2, -0.15) is 0 Å². The van der Waals surface area contributed by atoms with E-state index < -0.39 is 0 Å². The summed E-state index contributed by atoms with van der Waals surface area (Å²) < 4.78 is 0. The second-order valence-electron chi connectivity index (χ2n) is 4.13. The van der Waals surface area contributed by atoms with Gasteiger partial charge in [0.25, 0.3) is 0 Å². The zero-order valence-electron chi connectivity index (χ0n) is 8.59. The van der Waals surface area contributed by atoms with E-state index in [0.717, 1.165) is 18.8 Å². The highest BCUT2D eigenvalue weighted by Crippen LogP contribution is 2.44. The molecule has 1 aliphatic carbocycles. The highest BCUT2D eigenvalue weighted by atomic mass is 14.9. The molecule has 1 fully saturated rings. The van der Waals surface area contributed by atoms with Crippen molar-refractivity contribution in [2.45, 2.75) is 12.8 Å². The number of aromatic nitrogens is 1. The second kappa shape index (κ2) is 3.96. The molecule has 1 aliphatic rings. The SMILES string of the molecule is CNCC1(CNc2cccnc2)CC1. The maximum absolute atomic E-state index is 4.07. The molecule has 1 aromatic rings. The molecule has 0 spiro atoms. The van der Waals surface area contributed by atoms with E-state index >= 15 is 0 Å². The number of nitrogens with zero attached hydrogens (tertiary/aromatic N) is 1. The molecule has 0 atom stereocenters. The Morgan fingerprint density at radius 1 is 1.43 bits per heavy atom. The molecule has 1 heterocycles. The molecule has 0 saturated heterocycles. The number of hydrogen-bond donors (Lipinski definition) is 2. The van der Waals surface area contributed by atoms with E-state index in [1.54, 1.807) is 6.20 Å². The predicted octanol–water partition coefficient (Wildman–Crippen LogP) is 1.49. The second-order valence-corrected chi connectivity index (χ2v) is 4.13. The summed E-state index contributed by atoms with van der Waals surface area (Å²) in [6.45, 7) is 2.17. The summed E-state index contributed by atoms with van der Waals surface area (Å²) in [4.78, 5) is 4.07. The molecule has 1 saturated carbocycles. The summed E-state index contributed by atoms with van der Waals surface area (Å²) in [5, 5.41) is 6.68. The number of rotatable bonds is 5. The first-order valence-corrected chi connectivity index (χ1v) is 5.13. The molecule has 3 nitrogen and oxygen atoms in total. The molecule has 3 heteroatoms. The van der Waals surface area contributed by atoms with E-state index in [1.165, 1.54) is 12.8 Å². The Balaban J connectivity index is 1.83. The van der Waals surface area contributed by atoms with E-state index in [1.807, 2.05) is 19.3 Å². The summed E-state index contributed by atoms with van der Waals surface area (Å²) in [6, 6.07) is 4.02. The van der Waals surface area contributed by atoms with Crippen molar-refractivity contribution in [1.29, 1.82) is 0 Å². The minimum Gasteiger partial charge on any atom is -0.383 e. The Labute approximate surface area is 84.9 Å². The van der Waals surface area contributed by atoms with Crippen molar-refractivity contribution in [2.24, 2.45) is 5.41 Å². The van der Waals surface area contributed by atoms with Gasteiger partial charge in [-0.25, -0.2) is 0 Å². The fourth-order valence-electron chi connectivity index (χ4n) is 1.72. The Bertz CT molecular complexity index is 280. The van der Waals surface area contributed by atoms with Crippen LogP contribution in [0.5, 0.6) is 0 Å². The quantitative estimate of drug-likeness (QED) is 0.740. The molecule has 2 N–H and O–H groups in total. The molecule has 0 aromatic carbocycles. The molecule has 0 bridgehead atoms. The zero-order valence-corrected chi connectivity index (χ0v) is 8.59. The van der Waals surface area contributed by atoms with Gasteiger partial charge in [-0.3, -0.25) is 4.98 Å². The molecular formula is C11H17N3. The maximum atomic E-state index is 4.07. The van der Waals surface area contributed by atoms with Crippen molar-refractivity contribution in [1.82, 2.24) is 10.3 Å². The molecule has 2 rings (SSSR count). The summed E-state index contributed by atoms with van der Waals surface area (Å²) in [7, 11) is 2.02. The number of pyridine rings is 1. The molecule has 76 valence electrons. The molecular weight excluding hydrogens is 174 g/mol. The first kappa shape index (κ1) is 9.46. The van der Waals surface area contributed by atoms with Gasteiger partial charge in [0.15, 0.2) is 0 Å². The lowest BCUT2D eigenvalue weighted by molar-refractivity contribution is 0.507.